The summed E-state index contributed by atoms with van der Waals surface area (Å²) < 4.78 is 51.1. The van der Waals surface area contributed by atoms with E-state index in [0.717, 1.165) is 12.1 Å². The van der Waals surface area contributed by atoms with E-state index in [9.17, 15) is 27.5 Å². The number of aromatic hydroxyl groups is 1. The molecular weight excluding hydrogens is 304 g/mol. The van der Waals surface area contributed by atoms with Gasteiger partial charge in [0.1, 0.15) is 11.4 Å². The van der Waals surface area contributed by atoms with E-state index in [-0.39, 0.29) is 11.1 Å². The second kappa shape index (κ2) is 4.78. The fraction of sp³-hybridized carbons (Fsp3) is 0.0909. The van der Waals surface area contributed by atoms with Crippen LogP contribution in [0.25, 0.3) is 5.69 Å². The summed E-state index contributed by atoms with van der Waals surface area (Å²) in [7, 11) is 0. The number of aromatic nitrogens is 2. The zero-order valence-corrected chi connectivity index (χ0v) is 10.2. The molecule has 0 unspecified atom stereocenters. The number of phenols is 1. The van der Waals surface area contributed by atoms with Gasteiger partial charge in [0, 0.05) is 12.1 Å². The van der Waals surface area contributed by atoms with E-state index in [4.69, 9.17) is 11.6 Å². The van der Waals surface area contributed by atoms with E-state index in [1.807, 2.05) is 0 Å². The van der Waals surface area contributed by atoms with Gasteiger partial charge in [0.05, 0.1) is 16.8 Å². The summed E-state index contributed by atoms with van der Waals surface area (Å²) in [5.74, 6) is -1.54. The Labute approximate surface area is 113 Å². The highest BCUT2D eigenvalue weighted by molar-refractivity contribution is 6.32. The molecule has 1 aromatic heterocycles. The minimum absolute atomic E-state index is 0.276. The van der Waals surface area contributed by atoms with E-state index in [1.165, 1.54) is 0 Å². The van der Waals surface area contributed by atoms with Crippen molar-refractivity contribution in [1.82, 2.24) is 9.78 Å². The molecular formula is C11H5ClF4N2O2. The molecule has 0 saturated heterocycles. The smallest absolute Gasteiger partial charge is 0.418 e. The molecule has 2 rings (SSSR count). The number of rotatable bonds is 1. The average molecular weight is 309 g/mol. The van der Waals surface area contributed by atoms with Gasteiger partial charge in [-0.25, -0.2) is 4.39 Å². The average Bonchev–Trinajstić information content (AvgIpc) is 2.33. The third-order valence-electron chi connectivity index (χ3n) is 2.37. The molecule has 0 aliphatic heterocycles. The summed E-state index contributed by atoms with van der Waals surface area (Å²) in [5.41, 5.74) is -2.96. The number of halogens is 5. The Hall–Kier alpha value is -2.09. The minimum Gasteiger partial charge on any atom is -0.506 e. The number of nitrogens with zero attached hydrogens (tertiary/aromatic N) is 2. The summed E-state index contributed by atoms with van der Waals surface area (Å²) in [6.07, 6.45) is -4.35. The van der Waals surface area contributed by atoms with Crippen LogP contribution < -0.4 is 5.56 Å². The van der Waals surface area contributed by atoms with Gasteiger partial charge in [0.25, 0.3) is 5.56 Å². The van der Waals surface area contributed by atoms with Crippen LogP contribution in [0.4, 0.5) is 17.6 Å². The molecule has 20 heavy (non-hydrogen) atoms. The van der Waals surface area contributed by atoms with Gasteiger partial charge in [-0.3, -0.25) is 4.79 Å². The summed E-state index contributed by atoms with van der Waals surface area (Å²) in [6, 6.07) is 1.79. The van der Waals surface area contributed by atoms with Gasteiger partial charge in [-0.1, -0.05) is 11.6 Å². The first-order valence-electron chi connectivity index (χ1n) is 5.05. The van der Waals surface area contributed by atoms with Crippen molar-refractivity contribution in [2.24, 2.45) is 0 Å². The Kier molecular flexibility index (Phi) is 3.43. The van der Waals surface area contributed by atoms with Crippen LogP contribution in [0.1, 0.15) is 5.56 Å². The number of phenolic OH excluding ortho intramolecular Hbond substituents is 1. The zero-order valence-electron chi connectivity index (χ0n) is 9.45. The molecule has 9 heteroatoms. The Morgan fingerprint density at radius 1 is 1.25 bits per heavy atom. The van der Waals surface area contributed by atoms with Crippen LogP contribution in [-0.2, 0) is 6.18 Å². The zero-order chi connectivity index (χ0) is 15.1. The highest BCUT2D eigenvalue weighted by Crippen LogP contribution is 2.29. The predicted octanol–water partition coefficient (Wildman–Crippen LogP) is 2.75. The molecule has 1 heterocycles. The van der Waals surface area contributed by atoms with E-state index in [2.05, 4.69) is 5.10 Å². The van der Waals surface area contributed by atoms with E-state index >= 15 is 0 Å². The highest BCUT2D eigenvalue weighted by Gasteiger charge is 2.31. The van der Waals surface area contributed by atoms with Crippen molar-refractivity contribution in [3.8, 4) is 11.4 Å². The quantitative estimate of drug-likeness (QED) is 0.824. The topological polar surface area (TPSA) is 55.1 Å². The first kappa shape index (κ1) is 14.3. The Morgan fingerprint density at radius 2 is 1.90 bits per heavy atom. The van der Waals surface area contributed by atoms with Crippen molar-refractivity contribution < 1.29 is 22.7 Å². The molecule has 1 aromatic carbocycles. The molecule has 0 spiro atoms. The maximum Gasteiger partial charge on any atom is 0.418 e. The summed E-state index contributed by atoms with van der Waals surface area (Å²) >= 11 is 5.45. The Bertz CT molecular complexity index is 727. The van der Waals surface area contributed by atoms with Crippen LogP contribution in [0.5, 0.6) is 5.75 Å². The molecule has 0 bridgehead atoms. The van der Waals surface area contributed by atoms with Gasteiger partial charge in [0.15, 0.2) is 5.82 Å². The van der Waals surface area contributed by atoms with Gasteiger partial charge in [-0.2, -0.15) is 23.0 Å². The SMILES string of the molecule is O=c1cc(C(F)(F)F)cnn1-c1cc(O)c(Cl)cc1F. The van der Waals surface area contributed by atoms with Crippen LogP contribution >= 0.6 is 11.6 Å². The standard InChI is InChI=1S/C11H5ClF4N2O2/c12-6-2-7(13)8(3-9(6)19)18-10(20)1-5(4-17-18)11(14,15)16/h1-4,19H. The molecule has 0 fully saturated rings. The molecule has 0 saturated carbocycles. The lowest BCUT2D eigenvalue weighted by atomic mass is 10.2. The van der Waals surface area contributed by atoms with Crippen molar-refractivity contribution in [3.05, 3.63) is 51.2 Å². The summed E-state index contributed by atoms with van der Waals surface area (Å²) in [5, 5.41) is 12.3. The van der Waals surface area contributed by atoms with E-state index < -0.39 is 34.6 Å². The van der Waals surface area contributed by atoms with Crippen molar-refractivity contribution in [1.29, 1.82) is 0 Å². The molecule has 106 valence electrons. The van der Waals surface area contributed by atoms with Gasteiger partial charge in [0.2, 0.25) is 0 Å². The van der Waals surface area contributed by atoms with Crippen molar-refractivity contribution >= 4 is 11.6 Å². The van der Waals surface area contributed by atoms with Gasteiger partial charge in [-0.05, 0) is 6.07 Å². The lowest BCUT2D eigenvalue weighted by Gasteiger charge is -2.09. The lowest BCUT2D eigenvalue weighted by Crippen LogP contribution is -2.24. The molecule has 0 aliphatic carbocycles. The predicted molar refractivity (Wildman–Crippen MR) is 61.5 cm³/mol. The van der Waals surface area contributed by atoms with Crippen molar-refractivity contribution in [2.45, 2.75) is 6.18 Å². The monoisotopic (exact) mass is 308 g/mol. The minimum atomic E-state index is -4.73. The first-order chi connectivity index (χ1) is 9.20. The Morgan fingerprint density at radius 3 is 2.45 bits per heavy atom. The van der Waals surface area contributed by atoms with Crippen LogP contribution in [0.15, 0.2) is 29.2 Å². The first-order valence-corrected chi connectivity index (χ1v) is 5.43. The van der Waals surface area contributed by atoms with Crippen molar-refractivity contribution in [2.75, 3.05) is 0 Å². The second-order valence-corrected chi connectivity index (χ2v) is 4.15. The molecule has 0 aliphatic rings. The van der Waals surface area contributed by atoms with Crippen LogP contribution in [0, 0.1) is 5.82 Å². The molecule has 0 amide bonds. The number of benzene rings is 1. The summed E-state index contributed by atoms with van der Waals surface area (Å²) in [6.45, 7) is 0. The lowest BCUT2D eigenvalue weighted by molar-refractivity contribution is -0.138. The van der Waals surface area contributed by atoms with E-state index in [1.54, 1.807) is 0 Å². The third-order valence-corrected chi connectivity index (χ3v) is 2.67. The number of hydrogen-bond acceptors (Lipinski definition) is 3. The third kappa shape index (κ3) is 2.60. The van der Waals surface area contributed by atoms with Gasteiger partial charge < -0.3 is 5.11 Å². The fourth-order valence-corrected chi connectivity index (χ4v) is 1.58. The highest BCUT2D eigenvalue weighted by atomic mass is 35.5. The molecule has 2 aromatic rings. The fourth-order valence-electron chi connectivity index (χ4n) is 1.43. The Balaban J connectivity index is 2.61. The van der Waals surface area contributed by atoms with Crippen LogP contribution in [-0.4, -0.2) is 14.9 Å². The van der Waals surface area contributed by atoms with E-state index in [0.29, 0.717) is 10.9 Å². The number of alkyl halides is 3. The number of hydrogen-bond donors (Lipinski definition) is 1. The maximum atomic E-state index is 13.6. The molecule has 4 nitrogen and oxygen atoms in total. The van der Waals surface area contributed by atoms with Gasteiger partial charge >= 0.3 is 6.18 Å². The van der Waals surface area contributed by atoms with Gasteiger partial charge in [-0.15, -0.1) is 0 Å². The summed E-state index contributed by atoms with van der Waals surface area (Å²) in [4.78, 5) is 11.6. The van der Waals surface area contributed by atoms with Crippen LogP contribution in [0.2, 0.25) is 5.02 Å². The molecule has 0 radical (unpaired) electrons. The largest absolute Gasteiger partial charge is 0.506 e. The van der Waals surface area contributed by atoms with Crippen molar-refractivity contribution in [3.63, 3.8) is 0 Å². The maximum absolute atomic E-state index is 13.6. The molecule has 1 N–H and O–H groups in total. The second-order valence-electron chi connectivity index (χ2n) is 3.75. The van der Waals surface area contributed by atoms with Crippen LogP contribution in [0.3, 0.4) is 0 Å². The normalized spacial score (nSPS) is 11.7. The molecule has 0 atom stereocenters.